The minimum Gasteiger partial charge on any atom is -0.493 e. The lowest BCUT2D eigenvalue weighted by Crippen LogP contribution is -2.34. The lowest BCUT2D eigenvalue weighted by molar-refractivity contribution is 0.0977. The summed E-state index contributed by atoms with van der Waals surface area (Å²) >= 11 is 6.93. The molecular formula is C23H19N3O3S2. The molecule has 0 unspecified atom stereocenters. The molecule has 0 saturated carbocycles. The monoisotopic (exact) mass is 449 g/mol. The Morgan fingerprint density at radius 2 is 1.71 bits per heavy atom. The first kappa shape index (κ1) is 20.8. The van der Waals surface area contributed by atoms with Crippen molar-refractivity contribution in [2.75, 3.05) is 19.5 Å². The van der Waals surface area contributed by atoms with Crippen molar-refractivity contribution in [3.05, 3.63) is 72.3 Å². The molecule has 0 saturated heterocycles. The quantitative estimate of drug-likeness (QED) is 0.413. The van der Waals surface area contributed by atoms with E-state index in [4.69, 9.17) is 21.7 Å². The van der Waals surface area contributed by atoms with E-state index in [2.05, 4.69) is 21.7 Å². The molecule has 156 valence electrons. The van der Waals surface area contributed by atoms with Crippen LogP contribution in [-0.2, 0) is 0 Å². The normalized spacial score (nSPS) is 10.5. The van der Waals surface area contributed by atoms with E-state index in [1.165, 1.54) is 7.11 Å². The zero-order valence-electron chi connectivity index (χ0n) is 16.8. The third-order valence-electron chi connectivity index (χ3n) is 4.56. The molecule has 31 heavy (non-hydrogen) atoms. The van der Waals surface area contributed by atoms with Gasteiger partial charge in [0.05, 0.1) is 24.4 Å². The van der Waals surface area contributed by atoms with Crippen LogP contribution in [0, 0.1) is 0 Å². The lowest BCUT2D eigenvalue weighted by Gasteiger charge is -2.12. The summed E-state index contributed by atoms with van der Waals surface area (Å²) in [4.78, 5) is 17.2. The number of hydrogen-bond donors (Lipinski definition) is 2. The Bertz CT molecular complexity index is 1220. The maximum Gasteiger partial charge on any atom is 0.257 e. The molecule has 0 aliphatic rings. The maximum atomic E-state index is 12.5. The Balaban J connectivity index is 1.41. The Morgan fingerprint density at radius 1 is 0.968 bits per heavy atom. The minimum atomic E-state index is -0.343. The summed E-state index contributed by atoms with van der Waals surface area (Å²) in [5.41, 5.74) is 3.19. The first-order valence-corrected chi connectivity index (χ1v) is 10.6. The molecule has 0 bridgehead atoms. The molecule has 6 nitrogen and oxygen atoms in total. The number of methoxy groups -OCH3 is 2. The van der Waals surface area contributed by atoms with Crippen LogP contribution in [0.25, 0.3) is 20.8 Å². The number of nitrogens with zero attached hydrogens (tertiary/aromatic N) is 1. The smallest absolute Gasteiger partial charge is 0.257 e. The molecule has 2 N–H and O–H groups in total. The molecule has 0 aliphatic heterocycles. The van der Waals surface area contributed by atoms with Crippen LogP contribution in [0.5, 0.6) is 11.5 Å². The summed E-state index contributed by atoms with van der Waals surface area (Å²) in [7, 11) is 3.06. The summed E-state index contributed by atoms with van der Waals surface area (Å²) in [6.45, 7) is 0. The molecule has 4 rings (SSSR count). The number of thiocarbonyl (C=S) groups is 1. The number of aromatic nitrogens is 1. The number of anilines is 1. The van der Waals surface area contributed by atoms with Gasteiger partial charge in [-0.3, -0.25) is 10.1 Å². The fourth-order valence-electron chi connectivity index (χ4n) is 3.01. The topological polar surface area (TPSA) is 72.5 Å². The van der Waals surface area contributed by atoms with Crippen molar-refractivity contribution in [2.45, 2.75) is 0 Å². The van der Waals surface area contributed by atoms with Gasteiger partial charge < -0.3 is 14.8 Å². The summed E-state index contributed by atoms with van der Waals surface area (Å²) in [5, 5.41) is 6.85. The molecule has 1 heterocycles. The van der Waals surface area contributed by atoms with Crippen molar-refractivity contribution in [1.29, 1.82) is 0 Å². The Kier molecular flexibility index (Phi) is 6.11. The second kappa shape index (κ2) is 9.11. The Labute approximate surface area is 188 Å². The maximum absolute atomic E-state index is 12.5. The molecule has 1 amide bonds. The van der Waals surface area contributed by atoms with E-state index in [1.54, 1.807) is 36.6 Å². The van der Waals surface area contributed by atoms with E-state index in [-0.39, 0.29) is 11.0 Å². The number of carbonyl (C=O) groups is 1. The van der Waals surface area contributed by atoms with Crippen LogP contribution >= 0.6 is 23.6 Å². The van der Waals surface area contributed by atoms with E-state index in [0.717, 1.165) is 26.5 Å². The zero-order valence-corrected chi connectivity index (χ0v) is 18.5. The minimum absolute atomic E-state index is 0.201. The first-order valence-electron chi connectivity index (χ1n) is 9.38. The highest BCUT2D eigenvalue weighted by atomic mass is 32.1. The predicted molar refractivity (Wildman–Crippen MR) is 128 cm³/mol. The van der Waals surface area contributed by atoms with Gasteiger partial charge in [0.2, 0.25) is 0 Å². The van der Waals surface area contributed by atoms with Gasteiger partial charge >= 0.3 is 0 Å². The second-order valence-electron chi connectivity index (χ2n) is 6.54. The molecule has 8 heteroatoms. The second-order valence-corrected chi connectivity index (χ2v) is 7.98. The first-order chi connectivity index (χ1) is 15.1. The molecule has 0 radical (unpaired) electrons. The van der Waals surface area contributed by atoms with Crippen molar-refractivity contribution >= 4 is 50.5 Å². The number of fused-ring (bicyclic) bond motifs is 1. The molecule has 4 aromatic rings. The summed E-state index contributed by atoms with van der Waals surface area (Å²) < 4.78 is 11.6. The fourth-order valence-corrected chi connectivity index (χ4v) is 4.19. The highest BCUT2D eigenvalue weighted by Gasteiger charge is 2.12. The zero-order chi connectivity index (χ0) is 21.8. The van der Waals surface area contributed by atoms with E-state index in [1.807, 2.05) is 42.5 Å². The highest BCUT2D eigenvalue weighted by molar-refractivity contribution is 7.80. The molecule has 3 aromatic carbocycles. The fraction of sp³-hybridized carbons (Fsp3) is 0.0870. The van der Waals surface area contributed by atoms with Gasteiger partial charge in [0, 0.05) is 16.8 Å². The van der Waals surface area contributed by atoms with Gasteiger partial charge in [-0.15, -0.1) is 11.3 Å². The standard InChI is InChI=1S/C23H19N3O3S2/c1-28-18-12-9-15(13-19(18)29-2)21(27)26-23(30)24-16-10-7-14(8-11-16)22-25-17-5-3-4-6-20(17)31-22/h3-13H,1-2H3,(H2,24,26,27,30). The predicted octanol–water partition coefficient (Wildman–Crippen LogP) is 5.11. The molecule has 0 aliphatic carbocycles. The average Bonchev–Trinajstić information content (AvgIpc) is 3.23. The molecule has 1 aromatic heterocycles. The van der Waals surface area contributed by atoms with Crippen LogP contribution in [0.3, 0.4) is 0 Å². The number of carbonyl (C=O) groups excluding carboxylic acids is 1. The number of nitrogens with one attached hydrogen (secondary N) is 2. The number of benzene rings is 3. The SMILES string of the molecule is COc1ccc(C(=O)NC(=S)Nc2ccc(-c3nc4ccccc4s3)cc2)cc1OC. The Morgan fingerprint density at radius 3 is 2.42 bits per heavy atom. The van der Waals surface area contributed by atoms with Crippen molar-refractivity contribution in [1.82, 2.24) is 10.3 Å². The number of amides is 1. The van der Waals surface area contributed by atoms with Crippen molar-refractivity contribution in [3.63, 3.8) is 0 Å². The average molecular weight is 450 g/mol. The third-order valence-corrected chi connectivity index (χ3v) is 5.85. The van der Waals surface area contributed by atoms with Crippen LogP contribution in [0.15, 0.2) is 66.7 Å². The Hall–Kier alpha value is -3.49. The summed E-state index contributed by atoms with van der Waals surface area (Å²) in [5.74, 6) is 0.678. The van der Waals surface area contributed by atoms with Crippen molar-refractivity contribution in [3.8, 4) is 22.1 Å². The molecular weight excluding hydrogens is 430 g/mol. The van der Waals surface area contributed by atoms with Gasteiger partial charge in [-0.2, -0.15) is 0 Å². The van der Waals surface area contributed by atoms with Crippen LogP contribution in [0.1, 0.15) is 10.4 Å². The van der Waals surface area contributed by atoms with Crippen LogP contribution in [0.2, 0.25) is 0 Å². The molecule has 0 fully saturated rings. The number of para-hydroxylation sites is 1. The van der Waals surface area contributed by atoms with Crippen molar-refractivity contribution in [2.24, 2.45) is 0 Å². The molecule has 0 spiro atoms. The number of rotatable bonds is 5. The lowest BCUT2D eigenvalue weighted by atomic mass is 10.2. The van der Waals surface area contributed by atoms with E-state index < -0.39 is 0 Å². The van der Waals surface area contributed by atoms with Gasteiger partial charge in [-0.1, -0.05) is 12.1 Å². The molecule has 0 atom stereocenters. The van der Waals surface area contributed by atoms with Gasteiger partial charge in [0.25, 0.3) is 5.91 Å². The summed E-state index contributed by atoms with van der Waals surface area (Å²) in [6.07, 6.45) is 0. The van der Waals surface area contributed by atoms with Crippen LogP contribution < -0.4 is 20.1 Å². The van der Waals surface area contributed by atoms with Gasteiger partial charge in [0.15, 0.2) is 16.6 Å². The van der Waals surface area contributed by atoms with Crippen LogP contribution in [0.4, 0.5) is 5.69 Å². The number of ether oxygens (including phenoxy) is 2. The largest absolute Gasteiger partial charge is 0.493 e. The van der Waals surface area contributed by atoms with E-state index in [0.29, 0.717) is 17.1 Å². The van der Waals surface area contributed by atoms with Gasteiger partial charge in [-0.25, -0.2) is 4.98 Å². The van der Waals surface area contributed by atoms with E-state index >= 15 is 0 Å². The highest BCUT2D eigenvalue weighted by Crippen LogP contribution is 2.30. The van der Waals surface area contributed by atoms with E-state index in [9.17, 15) is 4.79 Å². The number of hydrogen-bond acceptors (Lipinski definition) is 6. The van der Waals surface area contributed by atoms with Gasteiger partial charge in [0.1, 0.15) is 5.01 Å². The third kappa shape index (κ3) is 4.65. The van der Waals surface area contributed by atoms with Crippen molar-refractivity contribution < 1.29 is 14.3 Å². The summed E-state index contributed by atoms with van der Waals surface area (Å²) in [6, 6.07) is 20.7. The number of thiazole rings is 1. The van der Waals surface area contributed by atoms with Crippen LogP contribution in [-0.4, -0.2) is 30.2 Å². The van der Waals surface area contributed by atoms with Gasteiger partial charge in [-0.05, 0) is 66.8 Å².